The largest absolute Gasteiger partial charge is 0.479 e. The van der Waals surface area contributed by atoms with Crippen LogP contribution in [0.1, 0.15) is 29.1 Å². The highest BCUT2D eigenvalue weighted by atomic mass is 16.6. The molecule has 232 valence electrons. The van der Waals surface area contributed by atoms with Gasteiger partial charge >= 0.3 is 11.9 Å². The average Bonchev–Trinajstić information content (AvgIpc) is 3.65. The molecule has 3 heterocycles. The Morgan fingerprint density at radius 3 is 2.33 bits per heavy atom. The number of benzene rings is 3. The molecule has 1 aliphatic heterocycles. The van der Waals surface area contributed by atoms with Crippen molar-refractivity contribution in [2.45, 2.75) is 44.1 Å². The van der Waals surface area contributed by atoms with Crippen molar-refractivity contribution in [3.63, 3.8) is 0 Å². The van der Waals surface area contributed by atoms with E-state index in [1.54, 1.807) is 28.8 Å². The Morgan fingerprint density at radius 2 is 1.64 bits per heavy atom. The molecule has 2 aromatic heterocycles. The van der Waals surface area contributed by atoms with Gasteiger partial charge in [0.2, 0.25) is 0 Å². The maximum Gasteiger partial charge on any atom is 0.337 e. The molecule has 6 rings (SSSR count). The first-order chi connectivity index (χ1) is 21.7. The van der Waals surface area contributed by atoms with Gasteiger partial charge in [-0.15, -0.1) is 5.10 Å². The number of carboxylic acids is 2. The van der Waals surface area contributed by atoms with E-state index < -0.39 is 42.6 Å². The van der Waals surface area contributed by atoms with Crippen molar-refractivity contribution < 1.29 is 44.6 Å². The highest BCUT2D eigenvalue weighted by Crippen LogP contribution is 2.35. The quantitative estimate of drug-likeness (QED) is 0.159. The molecule has 0 spiro atoms. The zero-order valence-corrected chi connectivity index (χ0v) is 23.7. The molecular weight excluding hydrogens is 588 g/mol. The molecule has 0 saturated carbocycles. The monoisotopic (exact) mass is 616 g/mol. The Labute approximate surface area is 254 Å². The Bertz CT molecular complexity index is 1870. The number of aliphatic carboxylic acids is 1. The number of carbonyl (C=O) groups is 2. The minimum Gasteiger partial charge on any atom is -0.479 e. The van der Waals surface area contributed by atoms with Gasteiger partial charge in [-0.3, -0.25) is 4.57 Å². The molecule has 1 saturated heterocycles. The molecule has 5 atom stereocenters. The van der Waals surface area contributed by atoms with E-state index in [2.05, 4.69) is 20.5 Å². The van der Waals surface area contributed by atoms with Gasteiger partial charge in [-0.25, -0.2) is 9.59 Å². The number of para-hydroxylation sites is 1. The summed E-state index contributed by atoms with van der Waals surface area (Å²) in [4.78, 5) is 28.1. The summed E-state index contributed by atoms with van der Waals surface area (Å²) in [6, 6.07) is 19.8. The van der Waals surface area contributed by atoms with E-state index in [1.807, 2.05) is 43.3 Å². The third-order valence-electron chi connectivity index (χ3n) is 7.57. The molecular formula is C30H28N6O9. The number of aliphatic hydroxyl groups excluding tert-OH is 3. The third-order valence-corrected chi connectivity index (χ3v) is 7.57. The molecule has 0 bridgehead atoms. The SMILES string of the molecule is CCOc1nc2cccc(C(=O)O)c2n1Cc1ccc(-c2ccccc2-c2nnnn2C2OC(C(=O)O)C(O)C(O)C2O)cc1. The van der Waals surface area contributed by atoms with Crippen LogP contribution in [0, 0.1) is 0 Å². The van der Waals surface area contributed by atoms with Crippen LogP contribution in [-0.2, 0) is 16.1 Å². The number of carboxylic acid groups (broad SMARTS) is 2. The van der Waals surface area contributed by atoms with Crippen LogP contribution in [0.2, 0.25) is 0 Å². The van der Waals surface area contributed by atoms with Crippen molar-refractivity contribution in [2.75, 3.05) is 6.61 Å². The van der Waals surface area contributed by atoms with Crippen molar-refractivity contribution in [1.29, 1.82) is 0 Å². The number of aliphatic hydroxyl groups is 3. The lowest BCUT2D eigenvalue weighted by atomic mass is 9.96. The van der Waals surface area contributed by atoms with Crippen LogP contribution in [0.15, 0.2) is 66.7 Å². The maximum absolute atomic E-state index is 12.0. The molecule has 45 heavy (non-hydrogen) atoms. The molecule has 1 aliphatic rings. The fraction of sp³-hybridized carbons (Fsp3) is 0.267. The van der Waals surface area contributed by atoms with Gasteiger partial charge in [0.25, 0.3) is 6.01 Å². The summed E-state index contributed by atoms with van der Waals surface area (Å²) in [6.07, 6.45) is -8.75. The molecule has 1 fully saturated rings. The third kappa shape index (κ3) is 5.38. The zero-order valence-electron chi connectivity index (χ0n) is 23.7. The molecule has 5 N–H and O–H groups in total. The molecule has 3 aromatic carbocycles. The van der Waals surface area contributed by atoms with E-state index in [-0.39, 0.29) is 17.9 Å². The van der Waals surface area contributed by atoms with Gasteiger partial charge < -0.3 is 35.0 Å². The standard InChI is InChI=1S/C30H28N6O9/c1-2-44-30-31-20-9-5-8-19(28(40)41)21(20)35(30)14-15-10-12-16(13-11-15)17-6-3-4-7-18(17)26-32-33-34-36(26)27-24(39)22(37)23(38)25(45-27)29(42)43/h3-13,22-25,27,37-39H,2,14H2,1H3,(H,40,41)(H,42,43). The Balaban J connectivity index is 1.34. The van der Waals surface area contributed by atoms with Crippen molar-refractivity contribution in [2.24, 2.45) is 0 Å². The van der Waals surface area contributed by atoms with Crippen LogP contribution in [0.25, 0.3) is 33.5 Å². The zero-order chi connectivity index (χ0) is 31.8. The molecule has 15 heteroatoms. The van der Waals surface area contributed by atoms with Gasteiger partial charge in [-0.05, 0) is 46.2 Å². The molecule has 0 aliphatic carbocycles. The first kappa shape index (κ1) is 29.8. The van der Waals surface area contributed by atoms with Crippen molar-refractivity contribution in [1.82, 2.24) is 29.8 Å². The molecule has 0 radical (unpaired) electrons. The number of aromatic nitrogens is 6. The number of aromatic carboxylic acids is 1. The van der Waals surface area contributed by atoms with Crippen molar-refractivity contribution in [3.8, 4) is 28.5 Å². The minimum absolute atomic E-state index is 0.109. The predicted octanol–water partition coefficient (Wildman–Crippen LogP) is 1.57. The van der Waals surface area contributed by atoms with Crippen LogP contribution in [-0.4, -0.2) is 98.3 Å². The van der Waals surface area contributed by atoms with E-state index in [4.69, 9.17) is 9.47 Å². The Kier molecular flexibility index (Phi) is 7.99. The second-order valence-electron chi connectivity index (χ2n) is 10.3. The summed E-state index contributed by atoms with van der Waals surface area (Å²) in [5.41, 5.74) is 3.88. The number of hydrogen-bond acceptors (Lipinski definition) is 11. The second-order valence-corrected chi connectivity index (χ2v) is 10.3. The number of tetrazole rings is 1. The fourth-order valence-corrected chi connectivity index (χ4v) is 5.43. The van der Waals surface area contributed by atoms with Gasteiger partial charge in [-0.2, -0.15) is 9.67 Å². The van der Waals surface area contributed by atoms with Crippen molar-refractivity contribution >= 4 is 23.0 Å². The first-order valence-electron chi connectivity index (χ1n) is 13.9. The summed E-state index contributed by atoms with van der Waals surface area (Å²) in [5.74, 6) is -2.47. The van der Waals surface area contributed by atoms with Crippen LogP contribution in [0.3, 0.4) is 0 Å². The fourth-order valence-electron chi connectivity index (χ4n) is 5.43. The van der Waals surface area contributed by atoms with Crippen LogP contribution < -0.4 is 4.74 Å². The Morgan fingerprint density at radius 1 is 0.911 bits per heavy atom. The summed E-state index contributed by atoms with van der Waals surface area (Å²) < 4.78 is 14.0. The summed E-state index contributed by atoms with van der Waals surface area (Å²) in [7, 11) is 0. The maximum atomic E-state index is 12.0. The van der Waals surface area contributed by atoms with Gasteiger partial charge in [-0.1, -0.05) is 54.6 Å². The molecule has 5 aromatic rings. The lowest BCUT2D eigenvalue weighted by Gasteiger charge is -2.38. The predicted molar refractivity (Wildman–Crippen MR) is 155 cm³/mol. The van der Waals surface area contributed by atoms with E-state index >= 15 is 0 Å². The highest BCUT2D eigenvalue weighted by molar-refractivity contribution is 6.01. The normalized spacial score (nSPS) is 21.6. The number of fused-ring (bicyclic) bond motifs is 1. The number of imidazole rings is 1. The Hall–Kier alpha value is -5.22. The van der Waals surface area contributed by atoms with Crippen LogP contribution in [0.5, 0.6) is 6.01 Å². The summed E-state index contributed by atoms with van der Waals surface area (Å²) in [5, 5.41) is 62.0. The molecule has 5 unspecified atom stereocenters. The average molecular weight is 617 g/mol. The highest BCUT2D eigenvalue weighted by Gasteiger charge is 2.48. The number of nitrogens with zero attached hydrogens (tertiary/aromatic N) is 6. The smallest absolute Gasteiger partial charge is 0.337 e. The lowest BCUT2D eigenvalue weighted by Crippen LogP contribution is -2.58. The summed E-state index contributed by atoms with van der Waals surface area (Å²) >= 11 is 0. The lowest BCUT2D eigenvalue weighted by molar-refractivity contribution is -0.249. The second kappa shape index (κ2) is 12.0. The first-order valence-corrected chi connectivity index (χ1v) is 13.9. The summed E-state index contributed by atoms with van der Waals surface area (Å²) in [6.45, 7) is 2.45. The number of ether oxygens (including phenoxy) is 2. The van der Waals surface area contributed by atoms with Gasteiger partial charge in [0.05, 0.1) is 29.7 Å². The van der Waals surface area contributed by atoms with E-state index in [0.717, 1.165) is 15.8 Å². The van der Waals surface area contributed by atoms with Crippen LogP contribution in [0.4, 0.5) is 0 Å². The van der Waals surface area contributed by atoms with E-state index in [0.29, 0.717) is 34.8 Å². The number of rotatable bonds is 9. The number of hydrogen-bond donors (Lipinski definition) is 5. The van der Waals surface area contributed by atoms with Gasteiger partial charge in [0.1, 0.15) is 18.3 Å². The van der Waals surface area contributed by atoms with Crippen molar-refractivity contribution in [3.05, 3.63) is 77.9 Å². The minimum atomic E-state index is -1.86. The van der Waals surface area contributed by atoms with Crippen LogP contribution >= 0.6 is 0 Å². The van der Waals surface area contributed by atoms with Gasteiger partial charge in [0, 0.05) is 5.56 Å². The van der Waals surface area contributed by atoms with E-state index in [9.17, 15) is 35.1 Å². The van der Waals surface area contributed by atoms with E-state index in [1.165, 1.54) is 6.07 Å². The molecule has 15 nitrogen and oxygen atoms in total. The van der Waals surface area contributed by atoms with Gasteiger partial charge in [0.15, 0.2) is 18.2 Å². The molecule has 0 amide bonds. The topological polar surface area (TPSA) is 215 Å².